The minimum absolute atomic E-state index is 0.121. The highest BCUT2D eigenvalue weighted by Crippen LogP contribution is 2.39. The Morgan fingerprint density at radius 3 is 2.70 bits per heavy atom. The van der Waals surface area contributed by atoms with Crippen LogP contribution in [-0.4, -0.2) is 59.5 Å². The third-order valence-corrected chi connectivity index (χ3v) is 9.84. The molecule has 2 aliphatic rings. The van der Waals surface area contributed by atoms with Gasteiger partial charge < -0.3 is 11.1 Å². The summed E-state index contributed by atoms with van der Waals surface area (Å²) >= 11 is 1.45. The fourth-order valence-corrected chi connectivity index (χ4v) is 7.80. The van der Waals surface area contributed by atoms with Crippen LogP contribution in [0.1, 0.15) is 63.6 Å². The number of sulfone groups is 1. The second-order valence-electron chi connectivity index (χ2n) is 9.16. The molecule has 11 heteroatoms. The SMILES string of the molecule is Cc1nn([C@@H]2CCS(=O)(=O)C2)c(C)c1CN(C)[C@H](C)C(=O)Nc1sc2c(c1C(N)=O)CCC2. The Hall–Kier alpha value is -2.24. The smallest absolute Gasteiger partial charge is 0.251 e. The highest BCUT2D eigenvalue weighted by atomic mass is 32.2. The van der Waals surface area contributed by atoms with Gasteiger partial charge in [-0.05, 0) is 59.1 Å². The van der Waals surface area contributed by atoms with E-state index in [-0.39, 0.29) is 23.5 Å². The molecule has 1 fully saturated rings. The van der Waals surface area contributed by atoms with Crippen molar-refractivity contribution in [2.75, 3.05) is 23.9 Å². The zero-order valence-corrected chi connectivity index (χ0v) is 21.1. The molecule has 0 bridgehead atoms. The average molecular weight is 494 g/mol. The van der Waals surface area contributed by atoms with Crippen molar-refractivity contribution in [2.24, 2.45) is 5.73 Å². The quantitative estimate of drug-likeness (QED) is 0.607. The van der Waals surface area contributed by atoms with E-state index in [1.54, 1.807) is 0 Å². The number of primary amides is 1. The van der Waals surface area contributed by atoms with E-state index in [1.165, 1.54) is 11.3 Å². The number of thiophene rings is 1. The number of amides is 2. The molecule has 0 radical (unpaired) electrons. The van der Waals surface area contributed by atoms with E-state index in [0.29, 0.717) is 23.5 Å². The molecule has 0 spiro atoms. The van der Waals surface area contributed by atoms with Crippen molar-refractivity contribution in [2.45, 2.75) is 65.1 Å². The molecule has 180 valence electrons. The molecule has 1 saturated heterocycles. The van der Waals surface area contributed by atoms with E-state index in [1.807, 2.05) is 37.4 Å². The minimum atomic E-state index is -3.01. The first kappa shape index (κ1) is 23.9. The number of carbonyl (C=O) groups is 2. The van der Waals surface area contributed by atoms with E-state index in [2.05, 4.69) is 10.4 Å². The molecular weight excluding hydrogens is 462 g/mol. The molecule has 3 heterocycles. The lowest BCUT2D eigenvalue weighted by atomic mass is 10.1. The summed E-state index contributed by atoms with van der Waals surface area (Å²) in [6.45, 7) is 6.17. The van der Waals surface area contributed by atoms with Gasteiger partial charge in [0.15, 0.2) is 9.84 Å². The second-order valence-corrected chi connectivity index (χ2v) is 12.5. The van der Waals surface area contributed by atoms with Crippen LogP contribution < -0.4 is 11.1 Å². The van der Waals surface area contributed by atoms with Gasteiger partial charge in [0.1, 0.15) is 5.00 Å². The molecule has 2 atom stereocenters. The van der Waals surface area contributed by atoms with Crippen LogP contribution in [0, 0.1) is 13.8 Å². The minimum Gasteiger partial charge on any atom is -0.365 e. The summed E-state index contributed by atoms with van der Waals surface area (Å²) in [5, 5.41) is 8.08. The molecule has 33 heavy (non-hydrogen) atoms. The summed E-state index contributed by atoms with van der Waals surface area (Å²) in [7, 11) is -1.14. The molecular formula is C22H31N5O4S2. The fourth-order valence-electron chi connectivity index (χ4n) is 4.81. The third-order valence-electron chi connectivity index (χ3n) is 6.88. The van der Waals surface area contributed by atoms with Gasteiger partial charge in [-0.3, -0.25) is 19.2 Å². The Kier molecular flexibility index (Phi) is 6.41. The van der Waals surface area contributed by atoms with E-state index < -0.39 is 21.8 Å². The summed E-state index contributed by atoms with van der Waals surface area (Å²) in [6, 6.07) is -0.599. The number of likely N-dealkylation sites (N-methyl/N-ethyl adjacent to an activating group) is 1. The van der Waals surface area contributed by atoms with Gasteiger partial charge in [-0.15, -0.1) is 11.3 Å². The molecule has 4 rings (SSSR count). The maximum atomic E-state index is 13.0. The summed E-state index contributed by atoms with van der Waals surface area (Å²) in [4.78, 5) is 28.1. The molecule has 1 aliphatic carbocycles. The molecule has 1 aliphatic heterocycles. The zero-order chi connectivity index (χ0) is 24.1. The Morgan fingerprint density at radius 2 is 2.06 bits per heavy atom. The molecule has 2 amide bonds. The van der Waals surface area contributed by atoms with Crippen LogP contribution in [0.3, 0.4) is 0 Å². The van der Waals surface area contributed by atoms with Crippen LogP contribution >= 0.6 is 11.3 Å². The number of anilines is 1. The van der Waals surface area contributed by atoms with Gasteiger partial charge in [-0.1, -0.05) is 0 Å². The van der Waals surface area contributed by atoms with Crippen molar-refractivity contribution in [3.63, 3.8) is 0 Å². The van der Waals surface area contributed by atoms with Crippen molar-refractivity contribution in [1.82, 2.24) is 14.7 Å². The molecule has 0 saturated carbocycles. The van der Waals surface area contributed by atoms with E-state index in [0.717, 1.165) is 46.7 Å². The molecule has 0 unspecified atom stereocenters. The predicted octanol–water partition coefficient (Wildman–Crippen LogP) is 1.97. The molecule has 2 aromatic heterocycles. The number of aryl methyl sites for hydroxylation is 2. The maximum absolute atomic E-state index is 13.0. The topological polar surface area (TPSA) is 127 Å². The van der Waals surface area contributed by atoms with Gasteiger partial charge in [-0.2, -0.15) is 5.10 Å². The number of hydrogen-bond acceptors (Lipinski definition) is 7. The lowest BCUT2D eigenvalue weighted by molar-refractivity contribution is -0.120. The Bertz CT molecular complexity index is 1210. The van der Waals surface area contributed by atoms with Gasteiger partial charge in [0.25, 0.3) is 5.91 Å². The van der Waals surface area contributed by atoms with E-state index in [9.17, 15) is 18.0 Å². The van der Waals surface area contributed by atoms with Crippen LogP contribution in [0.5, 0.6) is 0 Å². The second kappa shape index (κ2) is 8.84. The Labute approximate surface area is 198 Å². The first-order chi connectivity index (χ1) is 15.5. The van der Waals surface area contributed by atoms with Crippen LogP contribution in [0.4, 0.5) is 5.00 Å². The number of nitrogens with one attached hydrogen (secondary N) is 1. The lowest BCUT2D eigenvalue weighted by Crippen LogP contribution is -2.39. The van der Waals surface area contributed by atoms with E-state index >= 15 is 0 Å². The average Bonchev–Trinajstić information content (AvgIpc) is 3.46. The number of carbonyl (C=O) groups excluding carboxylic acids is 2. The highest BCUT2D eigenvalue weighted by molar-refractivity contribution is 7.91. The van der Waals surface area contributed by atoms with Gasteiger partial charge in [0.05, 0.1) is 34.8 Å². The number of rotatable bonds is 7. The van der Waals surface area contributed by atoms with Gasteiger partial charge in [0.2, 0.25) is 5.91 Å². The van der Waals surface area contributed by atoms with Crippen molar-refractivity contribution < 1.29 is 18.0 Å². The monoisotopic (exact) mass is 493 g/mol. The number of fused-ring (bicyclic) bond motifs is 1. The van der Waals surface area contributed by atoms with Gasteiger partial charge >= 0.3 is 0 Å². The predicted molar refractivity (Wildman–Crippen MR) is 128 cm³/mol. The molecule has 0 aromatic carbocycles. The largest absolute Gasteiger partial charge is 0.365 e. The first-order valence-corrected chi connectivity index (χ1v) is 13.8. The van der Waals surface area contributed by atoms with Crippen molar-refractivity contribution in [3.8, 4) is 0 Å². The number of nitrogens with zero attached hydrogens (tertiary/aromatic N) is 3. The van der Waals surface area contributed by atoms with Crippen molar-refractivity contribution >= 4 is 38.0 Å². The molecule has 2 aromatic rings. The normalized spacial score (nSPS) is 20.2. The summed E-state index contributed by atoms with van der Waals surface area (Å²) in [6.07, 6.45) is 3.32. The fraction of sp³-hybridized carbons (Fsp3) is 0.591. The Morgan fingerprint density at radius 1 is 1.33 bits per heavy atom. The molecule has 3 N–H and O–H groups in total. The lowest BCUT2D eigenvalue weighted by Gasteiger charge is -2.24. The van der Waals surface area contributed by atoms with Gasteiger partial charge in [-0.25, -0.2) is 8.42 Å². The third kappa shape index (κ3) is 4.58. The van der Waals surface area contributed by atoms with Crippen molar-refractivity contribution in [3.05, 3.63) is 33.0 Å². The van der Waals surface area contributed by atoms with Crippen LogP contribution in [0.25, 0.3) is 0 Å². The summed E-state index contributed by atoms with van der Waals surface area (Å²) in [5.74, 6) is -0.388. The Balaban J connectivity index is 1.47. The first-order valence-electron chi connectivity index (χ1n) is 11.2. The summed E-state index contributed by atoms with van der Waals surface area (Å²) in [5.41, 5.74) is 9.81. The van der Waals surface area contributed by atoms with Crippen LogP contribution in [0.2, 0.25) is 0 Å². The van der Waals surface area contributed by atoms with E-state index in [4.69, 9.17) is 5.73 Å². The number of aromatic nitrogens is 2. The van der Waals surface area contributed by atoms with Crippen molar-refractivity contribution in [1.29, 1.82) is 0 Å². The summed E-state index contributed by atoms with van der Waals surface area (Å²) < 4.78 is 25.6. The molecule has 9 nitrogen and oxygen atoms in total. The zero-order valence-electron chi connectivity index (χ0n) is 19.5. The highest BCUT2D eigenvalue weighted by Gasteiger charge is 2.32. The standard InChI is InChI=1S/C22H31N5O4S2/c1-12-17(13(2)27(25-12)15-8-9-33(30,31)11-15)10-26(4)14(3)21(29)24-22-19(20(23)28)16-6-5-7-18(16)32-22/h14-15H,5-11H2,1-4H3,(H2,23,28)(H,24,29)/t14-,15-/m1/s1. The van der Waals surface area contributed by atoms with Gasteiger partial charge in [0, 0.05) is 22.7 Å². The van der Waals surface area contributed by atoms with Crippen LogP contribution in [0.15, 0.2) is 0 Å². The maximum Gasteiger partial charge on any atom is 0.251 e. The number of nitrogens with two attached hydrogens (primary N) is 1. The number of hydrogen-bond donors (Lipinski definition) is 2. The van der Waals surface area contributed by atoms with Crippen LogP contribution in [-0.2, 0) is 34.0 Å².